The van der Waals surface area contributed by atoms with Crippen LogP contribution in [0.25, 0.3) is 0 Å². The van der Waals surface area contributed by atoms with Gasteiger partial charge in [0.05, 0.1) is 5.92 Å². The fraction of sp³-hybridized carbons (Fsp3) is 0.467. The lowest BCUT2D eigenvalue weighted by Crippen LogP contribution is -2.42. The van der Waals surface area contributed by atoms with E-state index in [4.69, 9.17) is 10.8 Å². The smallest absolute Gasteiger partial charge is 0.308 e. The fourth-order valence-corrected chi connectivity index (χ4v) is 2.64. The third-order valence-corrected chi connectivity index (χ3v) is 3.72. The van der Waals surface area contributed by atoms with Gasteiger partial charge in [0, 0.05) is 18.7 Å². The first kappa shape index (κ1) is 14.5. The molecule has 0 bridgehead atoms. The Bertz CT molecular complexity index is 502. The van der Waals surface area contributed by atoms with Crippen LogP contribution in [-0.4, -0.2) is 41.5 Å². The van der Waals surface area contributed by atoms with Crippen molar-refractivity contribution in [2.24, 2.45) is 11.7 Å². The number of benzene rings is 1. The molecule has 3 N–H and O–H groups in total. The summed E-state index contributed by atoms with van der Waals surface area (Å²) in [6.07, 6.45) is 2.03. The molecule has 1 fully saturated rings. The minimum absolute atomic E-state index is 0.0833. The van der Waals surface area contributed by atoms with Crippen molar-refractivity contribution in [3.05, 3.63) is 35.4 Å². The molecule has 5 heteroatoms. The number of carboxylic acids is 1. The van der Waals surface area contributed by atoms with E-state index in [1.54, 1.807) is 11.0 Å². The molecule has 1 aliphatic rings. The van der Waals surface area contributed by atoms with Crippen LogP contribution in [0.2, 0.25) is 0 Å². The van der Waals surface area contributed by atoms with Gasteiger partial charge in [-0.25, -0.2) is 0 Å². The number of nitrogens with two attached hydrogens (primary N) is 1. The van der Waals surface area contributed by atoms with Crippen molar-refractivity contribution >= 4 is 11.9 Å². The summed E-state index contributed by atoms with van der Waals surface area (Å²) in [4.78, 5) is 25.3. The number of hydrogen-bond donors (Lipinski definition) is 2. The standard InChI is InChI=1S/C15H20N2O3/c16-8-7-11-4-1-2-6-13(11)14(18)17-9-3-5-12(10-17)15(19)20/h1-2,4,6,12H,3,5,7-10,16H2,(H,19,20)/t12-/m1/s1. The number of carbonyl (C=O) groups is 2. The van der Waals surface area contributed by atoms with Crippen molar-refractivity contribution < 1.29 is 14.7 Å². The molecule has 0 saturated carbocycles. The summed E-state index contributed by atoms with van der Waals surface area (Å²) < 4.78 is 0. The van der Waals surface area contributed by atoms with Gasteiger partial charge in [0.25, 0.3) is 5.91 Å². The first-order valence-electron chi connectivity index (χ1n) is 6.93. The highest BCUT2D eigenvalue weighted by Crippen LogP contribution is 2.20. The highest BCUT2D eigenvalue weighted by atomic mass is 16.4. The number of amides is 1. The van der Waals surface area contributed by atoms with E-state index in [0.717, 1.165) is 12.0 Å². The quantitative estimate of drug-likeness (QED) is 0.863. The number of likely N-dealkylation sites (tertiary alicyclic amines) is 1. The molecule has 1 aromatic rings. The van der Waals surface area contributed by atoms with Crippen molar-refractivity contribution in [3.8, 4) is 0 Å². The van der Waals surface area contributed by atoms with Crippen LogP contribution in [0.1, 0.15) is 28.8 Å². The van der Waals surface area contributed by atoms with Gasteiger partial charge in [-0.3, -0.25) is 9.59 Å². The van der Waals surface area contributed by atoms with Gasteiger partial charge < -0.3 is 15.7 Å². The van der Waals surface area contributed by atoms with Crippen LogP contribution in [0, 0.1) is 5.92 Å². The maximum Gasteiger partial charge on any atom is 0.308 e. The second-order valence-corrected chi connectivity index (χ2v) is 5.12. The Morgan fingerprint density at radius 2 is 2.10 bits per heavy atom. The molecule has 0 unspecified atom stereocenters. The predicted octanol–water partition coefficient (Wildman–Crippen LogP) is 1.12. The zero-order valence-electron chi connectivity index (χ0n) is 11.4. The van der Waals surface area contributed by atoms with E-state index in [1.165, 1.54) is 0 Å². The van der Waals surface area contributed by atoms with Crippen molar-refractivity contribution in [1.29, 1.82) is 0 Å². The third-order valence-electron chi connectivity index (χ3n) is 3.72. The van der Waals surface area contributed by atoms with Crippen molar-refractivity contribution in [2.75, 3.05) is 19.6 Å². The summed E-state index contributed by atoms with van der Waals surface area (Å²) in [6.45, 7) is 1.41. The lowest BCUT2D eigenvalue weighted by molar-refractivity contribution is -0.143. The van der Waals surface area contributed by atoms with Gasteiger partial charge in [0.15, 0.2) is 0 Å². The number of carboxylic acid groups (broad SMARTS) is 1. The molecule has 1 heterocycles. The third kappa shape index (κ3) is 3.17. The molecule has 1 amide bonds. The maximum absolute atomic E-state index is 12.6. The fourth-order valence-electron chi connectivity index (χ4n) is 2.64. The van der Waals surface area contributed by atoms with Gasteiger partial charge in [0.2, 0.25) is 0 Å². The van der Waals surface area contributed by atoms with E-state index in [9.17, 15) is 9.59 Å². The van der Waals surface area contributed by atoms with E-state index >= 15 is 0 Å². The highest BCUT2D eigenvalue weighted by Gasteiger charge is 2.29. The summed E-state index contributed by atoms with van der Waals surface area (Å²) in [7, 11) is 0. The van der Waals surface area contributed by atoms with Crippen LogP contribution in [0.3, 0.4) is 0 Å². The number of rotatable bonds is 4. The molecule has 1 saturated heterocycles. The van der Waals surface area contributed by atoms with Gasteiger partial charge in [-0.2, -0.15) is 0 Å². The molecule has 1 atom stereocenters. The largest absolute Gasteiger partial charge is 0.481 e. The van der Waals surface area contributed by atoms with Gasteiger partial charge in [-0.1, -0.05) is 18.2 Å². The van der Waals surface area contributed by atoms with Crippen LogP contribution in [0.5, 0.6) is 0 Å². The highest BCUT2D eigenvalue weighted by molar-refractivity contribution is 5.96. The minimum atomic E-state index is -0.822. The number of aliphatic carboxylic acids is 1. The SMILES string of the molecule is NCCc1ccccc1C(=O)N1CCC[C@@H](C(=O)O)C1. The lowest BCUT2D eigenvalue weighted by Gasteiger charge is -2.31. The van der Waals surface area contributed by atoms with Crippen LogP contribution < -0.4 is 5.73 Å². The normalized spacial score (nSPS) is 18.9. The molecule has 20 heavy (non-hydrogen) atoms. The van der Waals surface area contributed by atoms with E-state index in [0.29, 0.717) is 38.0 Å². The molecule has 0 aromatic heterocycles. The Labute approximate surface area is 118 Å². The van der Waals surface area contributed by atoms with E-state index in [2.05, 4.69) is 0 Å². The first-order valence-corrected chi connectivity index (χ1v) is 6.93. The van der Waals surface area contributed by atoms with E-state index in [-0.39, 0.29) is 5.91 Å². The van der Waals surface area contributed by atoms with Gasteiger partial charge in [-0.05, 0) is 37.4 Å². The molecule has 1 aliphatic heterocycles. The maximum atomic E-state index is 12.6. The summed E-state index contributed by atoms with van der Waals surface area (Å²) in [5.74, 6) is -1.35. The van der Waals surface area contributed by atoms with Gasteiger partial charge >= 0.3 is 5.97 Å². The van der Waals surface area contributed by atoms with Crippen molar-refractivity contribution in [1.82, 2.24) is 4.90 Å². The average molecular weight is 276 g/mol. The Morgan fingerprint density at radius 3 is 2.80 bits per heavy atom. The Kier molecular flexibility index (Phi) is 4.74. The molecule has 5 nitrogen and oxygen atoms in total. The topological polar surface area (TPSA) is 83.6 Å². The van der Waals surface area contributed by atoms with Crippen LogP contribution >= 0.6 is 0 Å². The Hall–Kier alpha value is -1.88. The number of piperidine rings is 1. The molecule has 0 spiro atoms. The van der Waals surface area contributed by atoms with E-state index < -0.39 is 11.9 Å². The molecule has 2 rings (SSSR count). The number of carbonyl (C=O) groups excluding carboxylic acids is 1. The average Bonchev–Trinajstić information content (AvgIpc) is 2.47. The van der Waals surface area contributed by atoms with Gasteiger partial charge in [-0.15, -0.1) is 0 Å². The monoisotopic (exact) mass is 276 g/mol. The number of hydrogen-bond acceptors (Lipinski definition) is 3. The second kappa shape index (κ2) is 6.52. The Morgan fingerprint density at radius 1 is 1.35 bits per heavy atom. The molecular formula is C15H20N2O3. The molecule has 0 radical (unpaired) electrons. The predicted molar refractivity (Wildman–Crippen MR) is 75.5 cm³/mol. The molecule has 1 aromatic carbocycles. The van der Waals surface area contributed by atoms with Crippen molar-refractivity contribution in [2.45, 2.75) is 19.3 Å². The molecular weight excluding hydrogens is 256 g/mol. The zero-order valence-corrected chi connectivity index (χ0v) is 11.4. The van der Waals surface area contributed by atoms with E-state index in [1.807, 2.05) is 18.2 Å². The first-order chi connectivity index (χ1) is 9.63. The number of nitrogens with zero attached hydrogens (tertiary/aromatic N) is 1. The van der Waals surface area contributed by atoms with Crippen LogP contribution in [0.4, 0.5) is 0 Å². The molecule has 0 aliphatic carbocycles. The summed E-state index contributed by atoms with van der Waals surface area (Å²) >= 11 is 0. The summed E-state index contributed by atoms with van der Waals surface area (Å²) in [5, 5.41) is 9.09. The lowest BCUT2D eigenvalue weighted by atomic mass is 9.96. The zero-order chi connectivity index (χ0) is 14.5. The van der Waals surface area contributed by atoms with Crippen LogP contribution in [-0.2, 0) is 11.2 Å². The van der Waals surface area contributed by atoms with Crippen LogP contribution in [0.15, 0.2) is 24.3 Å². The summed E-state index contributed by atoms with van der Waals surface area (Å²) in [5.41, 5.74) is 7.14. The van der Waals surface area contributed by atoms with Gasteiger partial charge in [0.1, 0.15) is 0 Å². The summed E-state index contributed by atoms with van der Waals surface area (Å²) in [6, 6.07) is 7.40. The minimum Gasteiger partial charge on any atom is -0.481 e. The Balaban J connectivity index is 2.16. The second-order valence-electron chi connectivity index (χ2n) is 5.12. The van der Waals surface area contributed by atoms with Crippen molar-refractivity contribution in [3.63, 3.8) is 0 Å². The molecule has 108 valence electrons.